The van der Waals surface area contributed by atoms with E-state index in [0.29, 0.717) is 5.33 Å². The van der Waals surface area contributed by atoms with Crippen LogP contribution in [-0.4, -0.2) is 26.7 Å². The van der Waals surface area contributed by atoms with Crippen LogP contribution in [0.2, 0.25) is 0 Å². The Kier molecular flexibility index (Phi) is 6.12. The molecule has 0 bridgehead atoms. The first kappa shape index (κ1) is 9.40. The fraction of sp³-hybridized carbons (Fsp3) is 1.00. The van der Waals surface area contributed by atoms with Crippen LogP contribution in [0.1, 0.15) is 0 Å². The highest BCUT2D eigenvalue weighted by Crippen LogP contribution is 2.10. The molecule has 0 rings (SSSR count). The number of alkyl halides is 3. The van der Waals surface area contributed by atoms with Crippen molar-refractivity contribution in [1.29, 1.82) is 0 Å². The van der Waals surface area contributed by atoms with Crippen molar-refractivity contribution < 1.29 is 5.11 Å². The topological polar surface area (TPSA) is 20.2 Å². The summed E-state index contributed by atoms with van der Waals surface area (Å²) in [5, 5.41) is 10.4. The zero-order valence-corrected chi connectivity index (χ0v) is 8.91. The summed E-state index contributed by atoms with van der Waals surface area (Å²) < 4.78 is 0. The Morgan fingerprint density at radius 1 is 1.25 bits per heavy atom. The maximum absolute atomic E-state index is 9.00. The summed E-state index contributed by atoms with van der Waals surface area (Å²) in [5.41, 5.74) is 0. The number of rotatable bonds is 3. The maximum Gasteiger partial charge on any atom is 0.0769 e. The Balaban J connectivity index is 3.29. The SMILES string of the molecule is OC(CBr)C(Br)CBr. The van der Waals surface area contributed by atoms with Crippen LogP contribution in [0, 0.1) is 0 Å². The van der Waals surface area contributed by atoms with Crippen molar-refractivity contribution in [3.8, 4) is 0 Å². The van der Waals surface area contributed by atoms with Gasteiger partial charge in [-0.05, 0) is 0 Å². The van der Waals surface area contributed by atoms with Gasteiger partial charge in [0.25, 0.3) is 0 Å². The van der Waals surface area contributed by atoms with Gasteiger partial charge in [-0.25, -0.2) is 0 Å². The standard InChI is InChI=1S/C4H7Br3O/c5-1-3(7)4(8)2-6/h3-4,8H,1-2H2. The van der Waals surface area contributed by atoms with Gasteiger partial charge in [0.1, 0.15) is 0 Å². The monoisotopic (exact) mass is 308 g/mol. The molecule has 0 saturated heterocycles. The van der Waals surface area contributed by atoms with Gasteiger partial charge in [-0.2, -0.15) is 0 Å². The Hall–Kier alpha value is 1.40. The zero-order valence-electron chi connectivity index (χ0n) is 4.15. The fourth-order valence-corrected chi connectivity index (χ4v) is 1.77. The third-order valence-electron chi connectivity index (χ3n) is 0.723. The van der Waals surface area contributed by atoms with E-state index in [0.717, 1.165) is 5.33 Å². The molecular weight excluding hydrogens is 304 g/mol. The minimum atomic E-state index is -0.297. The molecule has 8 heavy (non-hydrogen) atoms. The summed E-state index contributed by atoms with van der Waals surface area (Å²) in [6.07, 6.45) is -0.297. The number of halogens is 3. The summed E-state index contributed by atoms with van der Waals surface area (Å²) >= 11 is 9.66. The van der Waals surface area contributed by atoms with E-state index in [1.807, 2.05) is 0 Å². The summed E-state index contributed by atoms with van der Waals surface area (Å²) in [4.78, 5) is 0.155. The average Bonchev–Trinajstić information content (AvgIpc) is 1.84. The van der Waals surface area contributed by atoms with Crippen LogP contribution in [0.3, 0.4) is 0 Å². The third-order valence-corrected chi connectivity index (χ3v) is 3.89. The van der Waals surface area contributed by atoms with Crippen LogP contribution in [0.15, 0.2) is 0 Å². The van der Waals surface area contributed by atoms with E-state index in [4.69, 9.17) is 5.11 Å². The first-order chi connectivity index (χ1) is 3.72. The van der Waals surface area contributed by atoms with Gasteiger partial charge in [-0.3, -0.25) is 0 Å². The molecule has 50 valence electrons. The second kappa shape index (κ2) is 5.21. The molecule has 0 aromatic rings. The molecule has 4 heteroatoms. The molecule has 0 aliphatic rings. The average molecular weight is 311 g/mol. The van der Waals surface area contributed by atoms with Gasteiger partial charge in [-0.15, -0.1) is 0 Å². The quantitative estimate of drug-likeness (QED) is 0.790. The maximum atomic E-state index is 9.00. The fourth-order valence-electron chi connectivity index (χ4n) is 0.200. The second-order valence-electron chi connectivity index (χ2n) is 1.39. The molecule has 0 spiro atoms. The molecule has 0 saturated carbocycles. The normalized spacial score (nSPS) is 18.0. The van der Waals surface area contributed by atoms with Crippen molar-refractivity contribution in [3.05, 3.63) is 0 Å². The Labute approximate surface area is 74.2 Å². The van der Waals surface area contributed by atoms with Crippen molar-refractivity contribution in [1.82, 2.24) is 0 Å². The Morgan fingerprint density at radius 2 is 1.75 bits per heavy atom. The molecule has 2 unspecified atom stereocenters. The molecule has 0 aromatic carbocycles. The van der Waals surface area contributed by atoms with Crippen molar-refractivity contribution in [2.24, 2.45) is 0 Å². The third kappa shape index (κ3) is 3.43. The van der Waals surface area contributed by atoms with Crippen LogP contribution < -0.4 is 0 Å². The molecule has 0 fully saturated rings. The number of hydrogen-bond acceptors (Lipinski definition) is 1. The van der Waals surface area contributed by atoms with E-state index in [1.165, 1.54) is 0 Å². The van der Waals surface area contributed by atoms with E-state index in [1.54, 1.807) is 0 Å². The molecule has 0 aliphatic carbocycles. The summed E-state index contributed by atoms with van der Waals surface area (Å²) in [7, 11) is 0. The molecule has 0 aliphatic heterocycles. The van der Waals surface area contributed by atoms with Gasteiger partial charge in [0.05, 0.1) is 10.9 Å². The van der Waals surface area contributed by atoms with E-state index in [9.17, 15) is 0 Å². The molecular formula is C4H7Br3O. The lowest BCUT2D eigenvalue weighted by Gasteiger charge is -2.09. The Bertz CT molecular complexity index is 51.2. The summed E-state index contributed by atoms with van der Waals surface area (Å²) in [5.74, 6) is 0. The summed E-state index contributed by atoms with van der Waals surface area (Å²) in [6, 6.07) is 0. The highest BCUT2D eigenvalue weighted by atomic mass is 79.9. The van der Waals surface area contributed by atoms with Crippen LogP contribution in [0.5, 0.6) is 0 Å². The van der Waals surface area contributed by atoms with E-state index < -0.39 is 0 Å². The number of hydrogen-bond donors (Lipinski definition) is 1. The Morgan fingerprint density at radius 3 is 1.88 bits per heavy atom. The second-order valence-corrected chi connectivity index (χ2v) is 3.86. The molecule has 0 radical (unpaired) electrons. The number of aliphatic hydroxyl groups excluding tert-OH is 1. The lowest BCUT2D eigenvalue weighted by atomic mass is 10.3. The lowest BCUT2D eigenvalue weighted by Crippen LogP contribution is -2.22. The zero-order chi connectivity index (χ0) is 6.57. The van der Waals surface area contributed by atoms with Crippen LogP contribution in [0.25, 0.3) is 0 Å². The van der Waals surface area contributed by atoms with Gasteiger partial charge in [0.15, 0.2) is 0 Å². The first-order valence-electron chi connectivity index (χ1n) is 2.16. The van der Waals surface area contributed by atoms with Gasteiger partial charge in [0.2, 0.25) is 0 Å². The molecule has 0 aromatic heterocycles. The highest BCUT2D eigenvalue weighted by molar-refractivity contribution is 9.12. The predicted octanol–water partition coefficient (Wildman–Crippen LogP) is 1.90. The molecule has 0 amide bonds. The first-order valence-corrected chi connectivity index (χ1v) is 5.32. The number of aliphatic hydroxyl groups is 1. The van der Waals surface area contributed by atoms with E-state index in [2.05, 4.69) is 47.8 Å². The van der Waals surface area contributed by atoms with Crippen molar-refractivity contribution in [2.75, 3.05) is 10.7 Å². The van der Waals surface area contributed by atoms with Crippen LogP contribution in [0.4, 0.5) is 0 Å². The van der Waals surface area contributed by atoms with Crippen LogP contribution in [-0.2, 0) is 0 Å². The summed E-state index contributed by atoms with van der Waals surface area (Å²) in [6.45, 7) is 0. The smallest absolute Gasteiger partial charge is 0.0769 e. The largest absolute Gasteiger partial charge is 0.391 e. The molecule has 1 N–H and O–H groups in total. The van der Waals surface area contributed by atoms with Crippen molar-refractivity contribution >= 4 is 47.8 Å². The van der Waals surface area contributed by atoms with Gasteiger partial charge in [0, 0.05) is 10.7 Å². The van der Waals surface area contributed by atoms with Gasteiger partial charge < -0.3 is 5.11 Å². The molecule has 1 nitrogen and oxygen atoms in total. The van der Waals surface area contributed by atoms with E-state index >= 15 is 0 Å². The van der Waals surface area contributed by atoms with E-state index in [-0.39, 0.29) is 10.9 Å². The van der Waals surface area contributed by atoms with Crippen LogP contribution >= 0.6 is 47.8 Å². The van der Waals surface area contributed by atoms with Crippen molar-refractivity contribution in [3.63, 3.8) is 0 Å². The molecule has 2 atom stereocenters. The molecule has 0 heterocycles. The minimum Gasteiger partial charge on any atom is -0.391 e. The predicted molar refractivity (Wildman–Crippen MR) is 46.3 cm³/mol. The van der Waals surface area contributed by atoms with Gasteiger partial charge in [-0.1, -0.05) is 47.8 Å². The minimum absolute atomic E-state index is 0.155. The van der Waals surface area contributed by atoms with Gasteiger partial charge >= 0.3 is 0 Å². The lowest BCUT2D eigenvalue weighted by molar-refractivity contribution is 0.205. The van der Waals surface area contributed by atoms with Crippen molar-refractivity contribution in [2.45, 2.75) is 10.9 Å². The highest BCUT2D eigenvalue weighted by Gasteiger charge is 2.11.